The molecule has 1 nitrogen and oxygen atoms in total. The second-order valence-corrected chi connectivity index (χ2v) is 18.3. The van der Waals surface area contributed by atoms with Gasteiger partial charge in [0.05, 0.1) is 5.69 Å². The zero-order chi connectivity index (χ0) is 42.1. The summed E-state index contributed by atoms with van der Waals surface area (Å²) in [6.07, 6.45) is 0. The van der Waals surface area contributed by atoms with E-state index in [0.29, 0.717) is 0 Å². The van der Waals surface area contributed by atoms with Crippen LogP contribution in [0.25, 0.3) is 86.6 Å². The van der Waals surface area contributed by atoms with Gasteiger partial charge in [0.2, 0.25) is 0 Å². The summed E-state index contributed by atoms with van der Waals surface area (Å²) in [5, 5.41) is 5.13. The highest BCUT2D eigenvalue weighted by Gasteiger charge is 2.37. The van der Waals surface area contributed by atoms with Gasteiger partial charge in [0.25, 0.3) is 0 Å². The van der Waals surface area contributed by atoms with Crippen LogP contribution in [0.4, 0.5) is 17.1 Å². The summed E-state index contributed by atoms with van der Waals surface area (Å²) >= 11 is 1.86. The Bertz CT molecular complexity index is 3530. The summed E-state index contributed by atoms with van der Waals surface area (Å²) in [5.74, 6) is 0. The number of hydrogen-bond acceptors (Lipinski definition) is 2. The fourth-order valence-corrected chi connectivity index (χ4v) is 11.3. The Morgan fingerprint density at radius 3 is 1.81 bits per heavy atom. The summed E-state index contributed by atoms with van der Waals surface area (Å²) in [6.45, 7) is 4.74. The fraction of sp³-hybridized carbons (Fsp3) is 0.0492. The number of benzene rings is 10. The van der Waals surface area contributed by atoms with Gasteiger partial charge in [-0.25, -0.2) is 0 Å². The summed E-state index contributed by atoms with van der Waals surface area (Å²) in [7, 11) is 0. The molecule has 10 aromatic carbocycles. The van der Waals surface area contributed by atoms with E-state index in [0.717, 1.165) is 17.1 Å². The maximum Gasteiger partial charge on any atom is 0.0540 e. The van der Waals surface area contributed by atoms with Crippen molar-refractivity contribution < 1.29 is 0 Å². The first-order chi connectivity index (χ1) is 31.0. The number of fused-ring (bicyclic) bond motifs is 7. The van der Waals surface area contributed by atoms with Crippen LogP contribution in [0.2, 0.25) is 0 Å². The quantitative estimate of drug-likeness (QED) is 0.155. The molecule has 0 spiro atoms. The van der Waals surface area contributed by atoms with E-state index >= 15 is 0 Å². The third-order valence-corrected chi connectivity index (χ3v) is 14.4. The van der Waals surface area contributed by atoms with Crippen LogP contribution in [-0.4, -0.2) is 0 Å². The minimum atomic E-state index is -0.103. The van der Waals surface area contributed by atoms with Crippen LogP contribution in [0.5, 0.6) is 0 Å². The zero-order valence-corrected chi connectivity index (χ0v) is 36.0. The highest BCUT2D eigenvalue weighted by atomic mass is 32.1. The Hall–Kier alpha value is -7.52. The highest BCUT2D eigenvalue weighted by molar-refractivity contribution is 7.25. The highest BCUT2D eigenvalue weighted by Crippen LogP contribution is 2.52. The smallest absolute Gasteiger partial charge is 0.0540 e. The summed E-state index contributed by atoms with van der Waals surface area (Å²) < 4.78 is 2.63. The van der Waals surface area contributed by atoms with Crippen LogP contribution in [0.15, 0.2) is 224 Å². The maximum atomic E-state index is 2.44. The van der Waals surface area contributed by atoms with E-state index in [4.69, 9.17) is 0 Å². The molecule has 0 atom stereocenters. The van der Waals surface area contributed by atoms with Gasteiger partial charge in [-0.3, -0.25) is 0 Å². The van der Waals surface area contributed by atoms with E-state index in [-0.39, 0.29) is 5.41 Å². The van der Waals surface area contributed by atoms with Crippen molar-refractivity contribution in [3.05, 3.63) is 236 Å². The Kier molecular flexibility index (Phi) is 8.77. The van der Waals surface area contributed by atoms with Crippen molar-refractivity contribution in [3.63, 3.8) is 0 Å². The molecular formula is C61H43NS. The molecule has 63 heavy (non-hydrogen) atoms. The van der Waals surface area contributed by atoms with Gasteiger partial charge in [-0.15, -0.1) is 11.3 Å². The molecule has 0 radical (unpaired) electrons. The molecule has 298 valence electrons. The van der Waals surface area contributed by atoms with Gasteiger partial charge in [0.15, 0.2) is 0 Å². The largest absolute Gasteiger partial charge is 0.310 e. The SMILES string of the molecule is CC1(C)c2ccccc2-c2cccc(-c3ccc(N(c4cccc(-c5ccc(-c6cccc7ccccc67)cc5)c4)c4ccccc4-c4ccc5sc6ccccc6c5c4)cc3)c21. The first kappa shape index (κ1) is 37.3. The van der Waals surface area contributed by atoms with E-state index in [2.05, 4.69) is 243 Å². The number of hydrogen-bond donors (Lipinski definition) is 0. The Morgan fingerprint density at radius 1 is 0.349 bits per heavy atom. The molecule has 0 unspecified atom stereocenters. The first-order valence-corrected chi connectivity index (χ1v) is 22.6. The van der Waals surface area contributed by atoms with Gasteiger partial charge < -0.3 is 4.90 Å². The van der Waals surface area contributed by atoms with Gasteiger partial charge in [-0.05, 0) is 121 Å². The van der Waals surface area contributed by atoms with Gasteiger partial charge in [0.1, 0.15) is 0 Å². The standard InChI is InChI=1S/C61H43NS/c1-61(2)56-25-8-5-20-52(56)54-24-13-23-51(60(54)61)43-32-35-46(36-33-43)62(57-26-9-6-19-50(57)45-34-37-59-55(39-45)53-21-7-10-27-58(53)63-59)47-17-11-16-44(38-47)40-28-30-42(31-29-40)49-22-12-15-41-14-3-4-18-48(41)49/h3-39H,1-2H3. The lowest BCUT2D eigenvalue weighted by atomic mass is 9.79. The van der Waals surface area contributed by atoms with Crippen LogP contribution in [-0.2, 0) is 5.41 Å². The second-order valence-electron chi connectivity index (χ2n) is 17.3. The molecule has 0 amide bonds. The summed E-state index contributed by atoms with van der Waals surface area (Å²) in [4.78, 5) is 2.44. The average molecular weight is 822 g/mol. The van der Waals surface area contributed by atoms with Crippen molar-refractivity contribution in [3.8, 4) is 55.6 Å². The molecule has 0 bridgehead atoms. The molecule has 0 aliphatic heterocycles. The lowest BCUT2D eigenvalue weighted by molar-refractivity contribution is 0.662. The van der Waals surface area contributed by atoms with Gasteiger partial charge >= 0.3 is 0 Å². The van der Waals surface area contributed by atoms with E-state index in [1.54, 1.807) is 0 Å². The zero-order valence-electron chi connectivity index (χ0n) is 35.2. The molecule has 0 N–H and O–H groups in total. The topological polar surface area (TPSA) is 3.24 Å². The van der Waals surface area contributed by atoms with E-state index in [1.807, 2.05) is 11.3 Å². The molecule has 1 aliphatic rings. The van der Waals surface area contributed by atoms with E-state index in [1.165, 1.54) is 97.7 Å². The molecule has 2 heteroatoms. The lowest BCUT2D eigenvalue weighted by Gasteiger charge is -2.29. The van der Waals surface area contributed by atoms with Gasteiger partial charge in [-0.2, -0.15) is 0 Å². The van der Waals surface area contributed by atoms with Crippen molar-refractivity contribution in [2.75, 3.05) is 4.90 Å². The molecule has 12 rings (SSSR count). The molecule has 1 aliphatic carbocycles. The van der Waals surface area contributed by atoms with Crippen LogP contribution in [0.3, 0.4) is 0 Å². The third kappa shape index (κ3) is 6.21. The van der Waals surface area contributed by atoms with E-state index < -0.39 is 0 Å². The number of thiophene rings is 1. The van der Waals surface area contributed by atoms with Crippen molar-refractivity contribution in [2.45, 2.75) is 19.3 Å². The molecule has 11 aromatic rings. The predicted molar refractivity (Wildman–Crippen MR) is 271 cm³/mol. The molecule has 0 saturated carbocycles. The van der Waals surface area contributed by atoms with Crippen LogP contribution in [0, 0.1) is 0 Å². The summed E-state index contributed by atoms with van der Waals surface area (Å²) in [6, 6.07) is 82.9. The number of anilines is 3. The van der Waals surface area contributed by atoms with Crippen molar-refractivity contribution >= 4 is 59.3 Å². The summed E-state index contributed by atoms with van der Waals surface area (Å²) in [5.41, 5.74) is 18.4. The number of rotatable bonds is 7. The Morgan fingerprint density at radius 2 is 0.937 bits per heavy atom. The van der Waals surface area contributed by atoms with Crippen LogP contribution in [0.1, 0.15) is 25.0 Å². The average Bonchev–Trinajstić information content (AvgIpc) is 3.83. The Labute approximate surface area is 372 Å². The number of para-hydroxylation sites is 1. The van der Waals surface area contributed by atoms with Crippen molar-refractivity contribution in [1.82, 2.24) is 0 Å². The van der Waals surface area contributed by atoms with Crippen molar-refractivity contribution in [2.24, 2.45) is 0 Å². The van der Waals surface area contributed by atoms with Gasteiger partial charge in [0, 0.05) is 42.5 Å². The predicted octanol–water partition coefficient (Wildman–Crippen LogP) is 17.7. The molecule has 0 saturated heterocycles. The monoisotopic (exact) mass is 821 g/mol. The minimum absolute atomic E-state index is 0.103. The molecule has 1 aromatic heterocycles. The lowest BCUT2D eigenvalue weighted by Crippen LogP contribution is -2.16. The van der Waals surface area contributed by atoms with Gasteiger partial charge in [-0.1, -0.05) is 190 Å². The minimum Gasteiger partial charge on any atom is -0.310 e. The molecular weight excluding hydrogens is 779 g/mol. The van der Waals surface area contributed by atoms with E-state index in [9.17, 15) is 0 Å². The fourth-order valence-electron chi connectivity index (χ4n) is 10.3. The van der Waals surface area contributed by atoms with Crippen LogP contribution < -0.4 is 4.90 Å². The van der Waals surface area contributed by atoms with Crippen molar-refractivity contribution in [1.29, 1.82) is 0 Å². The Balaban J connectivity index is 0.982. The normalized spacial score (nSPS) is 12.7. The van der Waals surface area contributed by atoms with Crippen LogP contribution >= 0.6 is 11.3 Å². The maximum absolute atomic E-state index is 2.44. The number of nitrogens with zero attached hydrogens (tertiary/aromatic N) is 1. The third-order valence-electron chi connectivity index (χ3n) is 13.3. The molecule has 0 fully saturated rings. The second kappa shape index (κ2) is 14.8. The first-order valence-electron chi connectivity index (χ1n) is 21.8. The molecule has 1 heterocycles.